The van der Waals surface area contributed by atoms with Crippen molar-refractivity contribution in [1.29, 1.82) is 0 Å². The van der Waals surface area contributed by atoms with Gasteiger partial charge >= 0.3 is 0 Å². The van der Waals surface area contributed by atoms with Crippen LogP contribution in [-0.4, -0.2) is 28.6 Å². The highest BCUT2D eigenvalue weighted by molar-refractivity contribution is 5.81. The van der Waals surface area contributed by atoms with E-state index in [0.717, 1.165) is 35.6 Å². The number of hydrogen-bond acceptors (Lipinski definition) is 5. The summed E-state index contributed by atoms with van der Waals surface area (Å²) in [5.74, 6) is 1.93. The SMILES string of the molecule is CCOc1cc(C=Nn2cc(C)nc2N)ccc1OC1CCCC1. The van der Waals surface area contributed by atoms with Gasteiger partial charge in [-0.1, -0.05) is 0 Å². The number of hydrogen-bond donors (Lipinski definition) is 1. The normalized spacial score (nSPS) is 15.2. The largest absolute Gasteiger partial charge is 0.490 e. The van der Waals surface area contributed by atoms with Gasteiger partial charge in [0.25, 0.3) is 0 Å². The van der Waals surface area contributed by atoms with Gasteiger partial charge < -0.3 is 15.2 Å². The van der Waals surface area contributed by atoms with E-state index in [-0.39, 0.29) is 0 Å². The van der Waals surface area contributed by atoms with Crippen LogP contribution in [0.25, 0.3) is 0 Å². The number of rotatable bonds is 6. The van der Waals surface area contributed by atoms with Crippen molar-refractivity contribution in [2.24, 2.45) is 5.10 Å². The van der Waals surface area contributed by atoms with Crippen molar-refractivity contribution in [3.8, 4) is 11.5 Å². The third-order valence-corrected chi connectivity index (χ3v) is 4.03. The molecule has 0 aliphatic heterocycles. The molecule has 0 radical (unpaired) electrons. The van der Waals surface area contributed by atoms with Crippen LogP contribution in [0.3, 0.4) is 0 Å². The van der Waals surface area contributed by atoms with Crippen LogP contribution in [0.1, 0.15) is 43.9 Å². The van der Waals surface area contributed by atoms with Crippen molar-refractivity contribution in [2.45, 2.75) is 45.6 Å². The van der Waals surface area contributed by atoms with E-state index in [2.05, 4.69) is 10.1 Å². The van der Waals surface area contributed by atoms with Crippen LogP contribution in [0.5, 0.6) is 11.5 Å². The first-order valence-electron chi connectivity index (χ1n) is 8.45. The Hall–Kier alpha value is -2.50. The first kappa shape index (κ1) is 16.4. The number of imidazole rings is 1. The van der Waals surface area contributed by atoms with Gasteiger partial charge in [0, 0.05) is 0 Å². The molecule has 0 atom stereocenters. The molecule has 1 fully saturated rings. The number of aryl methyl sites for hydroxylation is 1. The molecule has 2 N–H and O–H groups in total. The van der Waals surface area contributed by atoms with E-state index in [1.165, 1.54) is 12.8 Å². The summed E-state index contributed by atoms with van der Waals surface area (Å²) in [6, 6.07) is 5.86. The highest BCUT2D eigenvalue weighted by Gasteiger charge is 2.18. The molecule has 128 valence electrons. The van der Waals surface area contributed by atoms with Crippen LogP contribution >= 0.6 is 0 Å². The average molecular weight is 328 g/mol. The monoisotopic (exact) mass is 328 g/mol. The van der Waals surface area contributed by atoms with Gasteiger partial charge in [0.2, 0.25) is 5.95 Å². The highest BCUT2D eigenvalue weighted by Crippen LogP contribution is 2.32. The van der Waals surface area contributed by atoms with E-state index in [0.29, 0.717) is 18.7 Å². The minimum Gasteiger partial charge on any atom is -0.490 e. The Morgan fingerprint density at radius 3 is 2.79 bits per heavy atom. The lowest BCUT2D eigenvalue weighted by molar-refractivity contribution is 0.197. The summed E-state index contributed by atoms with van der Waals surface area (Å²) in [6.07, 6.45) is 8.54. The molecule has 1 heterocycles. The summed E-state index contributed by atoms with van der Waals surface area (Å²) < 4.78 is 13.4. The zero-order valence-electron chi connectivity index (χ0n) is 14.2. The molecule has 1 aromatic heterocycles. The zero-order chi connectivity index (χ0) is 16.9. The Labute approximate surface area is 142 Å². The fraction of sp³-hybridized carbons (Fsp3) is 0.444. The summed E-state index contributed by atoms with van der Waals surface area (Å²) >= 11 is 0. The Balaban J connectivity index is 1.78. The van der Waals surface area contributed by atoms with E-state index in [9.17, 15) is 0 Å². The molecule has 6 heteroatoms. The number of nitrogens with zero attached hydrogens (tertiary/aromatic N) is 3. The van der Waals surface area contributed by atoms with Gasteiger partial charge in [0.15, 0.2) is 11.5 Å². The summed E-state index contributed by atoms with van der Waals surface area (Å²) in [4.78, 5) is 4.12. The molecule has 1 aliphatic rings. The third kappa shape index (κ3) is 3.88. The smallest absolute Gasteiger partial charge is 0.221 e. The van der Waals surface area contributed by atoms with Crippen LogP contribution in [0.2, 0.25) is 0 Å². The number of benzene rings is 1. The second kappa shape index (κ2) is 7.38. The second-order valence-corrected chi connectivity index (χ2v) is 5.99. The molecule has 0 saturated heterocycles. The first-order chi connectivity index (χ1) is 11.7. The maximum atomic E-state index is 6.09. The van der Waals surface area contributed by atoms with Gasteiger partial charge in [-0.15, -0.1) is 0 Å². The molecule has 0 spiro atoms. The Morgan fingerprint density at radius 1 is 1.33 bits per heavy atom. The van der Waals surface area contributed by atoms with Crippen LogP contribution in [0.15, 0.2) is 29.5 Å². The molecule has 0 amide bonds. The lowest BCUT2D eigenvalue weighted by Crippen LogP contribution is -2.12. The van der Waals surface area contributed by atoms with Gasteiger partial charge in [-0.25, -0.2) is 9.66 Å². The Morgan fingerprint density at radius 2 is 2.12 bits per heavy atom. The zero-order valence-corrected chi connectivity index (χ0v) is 14.2. The number of nitrogen functional groups attached to an aromatic ring is 1. The van der Waals surface area contributed by atoms with Crippen molar-refractivity contribution < 1.29 is 9.47 Å². The van der Waals surface area contributed by atoms with Crippen LogP contribution in [0.4, 0.5) is 5.95 Å². The van der Waals surface area contributed by atoms with Gasteiger partial charge in [-0.05, 0) is 63.3 Å². The maximum Gasteiger partial charge on any atom is 0.221 e. The van der Waals surface area contributed by atoms with E-state index in [1.807, 2.05) is 32.0 Å². The molecular formula is C18H24N4O2. The van der Waals surface area contributed by atoms with E-state index in [1.54, 1.807) is 17.1 Å². The molecule has 6 nitrogen and oxygen atoms in total. The van der Waals surface area contributed by atoms with Gasteiger partial charge in [-0.2, -0.15) is 5.10 Å². The fourth-order valence-corrected chi connectivity index (χ4v) is 2.88. The standard InChI is InChI=1S/C18H24N4O2/c1-3-23-17-10-14(11-20-22-12-13(2)21-18(22)19)8-9-16(17)24-15-6-4-5-7-15/h8-12,15H,3-7H2,1-2H3,(H2,19,21). The number of aromatic nitrogens is 2. The molecular weight excluding hydrogens is 304 g/mol. The van der Waals surface area contributed by atoms with Gasteiger partial charge in [-0.3, -0.25) is 0 Å². The quantitative estimate of drug-likeness (QED) is 0.825. The van der Waals surface area contributed by atoms with Crippen LogP contribution < -0.4 is 15.2 Å². The Bertz CT molecular complexity index is 718. The summed E-state index contributed by atoms with van der Waals surface area (Å²) in [5, 5.41) is 4.34. The minimum absolute atomic E-state index is 0.303. The van der Waals surface area contributed by atoms with Crippen molar-refractivity contribution >= 4 is 12.2 Å². The molecule has 1 aliphatic carbocycles. The molecule has 24 heavy (non-hydrogen) atoms. The fourth-order valence-electron chi connectivity index (χ4n) is 2.88. The van der Waals surface area contributed by atoms with Crippen LogP contribution in [-0.2, 0) is 0 Å². The first-order valence-corrected chi connectivity index (χ1v) is 8.45. The van der Waals surface area contributed by atoms with E-state index < -0.39 is 0 Å². The second-order valence-electron chi connectivity index (χ2n) is 5.99. The van der Waals surface area contributed by atoms with E-state index >= 15 is 0 Å². The van der Waals surface area contributed by atoms with Crippen LogP contribution in [0, 0.1) is 6.92 Å². The predicted molar refractivity (Wildman–Crippen MR) is 94.9 cm³/mol. The predicted octanol–water partition coefficient (Wildman–Crippen LogP) is 3.38. The van der Waals surface area contributed by atoms with Crippen molar-refractivity contribution in [2.75, 3.05) is 12.3 Å². The van der Waals surface area contributed by atoms with Crippen molar-refractivity contribution in [3.63, 3.8) is 0 Å². The molecule has 1 saturated carbocycles. The summed E-state index contributed by atoms with van der Waals surface area (Å²) in [6.45, 7) is 4.44. The molecule has 1 aromatic carbocycles. The van der Waals surface area contributed by atoms with E-state index in [4.69, 9.17) is 15.2 Å². The molecule has 2 aromatic rings. The number of anilines is 1. The van der Waals surface area contributed by atoms with Gasteiger partial charge in [0.1, 0.15) is 0 Å². The summed E-state index contributed by atoms with van der Waals surface area (Å²) in [5.41, 5.74) is 7.54. The van der Waals surface area contributed by atoms with Crippen molar-refractivity contribution in [3.05, 3.63) is 35.7 Å². The lowest BCUT2D eigenvalue weighted by Gasteiger charge is -2.16. The highest BCUT2D eigenvalue weighted by atomic mass is 16.5. The maximum absolute atomic E-state index is 6.09. The third-order valence-electron chi connectivity index (χ3n) is 4.03. The number of nitrogens with two attached hydrogens (primary N) is 1. The lowest BCUT2D eigenvalue weighted by atomic mass is 10.2. The molecule has 0 bridgehead atoms. The minimum atomic E-state index is 0.303. The topological polar surface area (TPSA) is 74.7 Å². The average Bonchev–Trinajstić information content (AvgIpc) is 3.17. The number of ether oxygens (including phenoxy) is 2. The Kier molecular flexibility index (Phi) is 5.03. The van der Waals surface area contributed by atoms with Crippen molar-refractivity contribution in [1.82, 2.24) is 9.66 Å². The van der Waals surface area contributed by atoms with Gasteiger partial charge in [0.05, 0.1) is 30.8 Å². The summed E-state index contributed by atoms with van der Waals surface area (Å²) in [7, 11) is 0. The molecule has 3 rings (SSSR count). The molecule has 0 unspecified atom stereocenters.